The number of benzene rings is 7. The summed E-state index contributed by atoms with van der Waals surface area (Å²) in [6, 6.07) is 58.6. The minimum atomic E-state index is 0.863. The van der Waals surface area contributed by atoms with Gasteiger partial charge in [0.25, 0.3) is 0 Å². The van der Waals surface area contributed by atoms with Crippen LogP contribution in [0.4, 0.5) is 0 Å². The second kappa shape index (κ2) is 10.8. The second-order valence-corrected chi connectivity index (χ2v) is 11.7. The number of pyridine rings is 2. The summed E-state index contributed by atoms with van der Waals surface area (Å²) >= 11 is 0. The van der Waals surface area contributed by atoms with E-state index < -0.39 is 0 Å². The van der Waals surface area contributed by atoms with E-state index in [1.165, 1.54) is 65.3 Å². The lowest BCUT2D eigenvalue weighted by molar-refractivity contribution is 1.25. The first-order valence-electron chi connectivity index (χ1n) is 15.7. The van der Waals surface area contributed by atoms with E-state index in [0.29, 0.717) is 0 Å². The SMILES string of the molecule is c1ccc(-c2cccc(-c3ccc4c(-c5cccc6ccccc56)c5ccccc5c(-c5cccc6ccccc56)c4c3)n2)nc1. The van der Waals surface area contributed by atoms with Gasteiger partial charge in [-0.15, -0.1) is 0 Å². The van der Waals surface area contributed by atoms with E-state index in [0.717, 1.165) is 22.6 Å². The van der Waals surface area contributed by atoms with Gasteiger partial charge in [0.2, 0.25) is 0 Å². The molecule has 0 amide bonds. The van der Waals surface area contributed by atoms with Crippen molar-refractivity contribution in [2.45, 2.75) is 0 Å². The lowest BCUT2D eigenvalue weighted by Gasteiger charge is -2.20. The molecule has 2 nitrogen and oxygen atoms in total. The molecule has 0 N–H and O–H groups in total. The lowest BCUT2D eigenvalue weighted by Crippen LogP contribution is -1.94. The van der Waals surface area contributed by atoms with Crippen molar-refractivity contribution in [2.24, 2.45) is 0 Å². The summed E-state index contributed by atoms with van der Waals surface area (Å²) < 4.78 is 0. The Morgan fingerprint density at radius 2 is 0.826 bits per heavy atom. The Labute approximate surface area is 267 Å². The Bertz CT molecular complexity index is 2570. The number of hydrogen-bond donors (Lipinski definition) is 0. The molecule has 0 atom stereocenters. The number of nitrogens with zero attached hydrogens (tertiary/aromatic N) is 2. The average molecular weight is 585 g/mol. The van der Waals surface area contributed by atoms with Gasteiger partial charge in [-0.1, -0.05) is 133 Å². The van der Waals surface area contributed by atoms with Gasteiger partial charge in [-0.3, -0.25) is 4.98 Å². The quantitative estimate of drug-likeness (QED) is 0.192. The third kappa shape index (κ3) is 4.27. The Hall–Kier alpha value is -6.12. The Kier molecular flexibility index (Phi) is 6.17. The molecule has 0 fully saturated rings. The molecule has 0 aliphatic heterocycles. The minimum Gasteiger partial charge on any atom is -0.255 e. The second-order valence-electron chi connectivity index (χ2n) is 11.7. The van der Waals surface area contributed by atoms with Crippen molar-refractivity contribution in [3.05, 3.63) is 170 Å². The van der Waals surface area contributed by atoms with Crippen molar-refractivity contribution in [1.29, 1.82) is 0 Å². The maximum atomic E-state index is 5.09. The Morgan fingerprint density at radius 3 is 1.48 bits per heavy atom. The van der Waals surface area contributed by atoms with Crippen LogP contribution >= 0.6 is 0 Å². The van der Waals surface area contributed by atoms with E-state index in [9.17, 15) is 0 Å². The van der Waals surface area contributed by atoms with Crippen LogP contribution in [0.15, 0.2) is 170 Å². The third-order valence-corrected chi connectivity index (χ3v) is 9.11. The van der Waals surface area contributed by atoms with Crippen LogP contribution in [0.1, 0.15) is 0 Å². The van der Waals surface area contributed by atoms with Crippen molar-refractivity contribution < 1.29 is 0 Å². The molecule has 0 aliphatic carbocycles. The molecule has 0 saturated carbocycles. The van der Waals surface area contributed by atoms with Gasteiger partial charge in [0.1, 0.15) is 0 Å². The highest BCUT2D eigenvalue weighted by Gasteiger charge is 2.20. The first-order chi connectivity index (χ1) is 22.8. The molecule has 9 rings (SSSR count). The highest BCUT2D eigenvalue weighted by Crippen LogP contribution is 2.47. The number of rotatable bonds is 4. The first-order valence-corrected chi connectivity index (χ1v) is 15.7. The van der Waals surface area contributed by atoms with Crippen LogP contribution in [0, 0.1) is 0 Å². The van der Waals surface area contributed by atoms with Crippen LogP contribution in [0.2, 0.25) is 0 Å². The molecule has 0 saturated heterocycles. The van der Waals surface area contributed by atoms with Gasteiger partial charge in [-0.25, -0.2) is 4.98 Å². The van der Waals surface area contributed by atoms with Crippen LogP contribution in [0.5, 0.6) is 0 Å². The summed E-state index contributed by atoms with van der Waals surface area (Å²) in [6.07, 6.45) is 1.82. The summed E-state index contributed by atoms with van der Waals surface area (Å²) in [6.45, 7) is 0. The molecule has 9 aromatic rings. The van der Waals surface area contributed by atoms with E-state index in [-0.39, 0.29) is 0 Å². The van der Waals surface area contributed by atoms with Gasteiger partial charge in [-0.2, -0.15) is 0 Å². The van der Waals surface area contributed by atoms with Crippen LogP contribution < -0.4 is 0 Å². The van der Waals surface area contributed by atoms with Crippen molar-refractivity contribution in [3.8, 4) is 44.9 Å². The maximum Gasteiger partial charge on any atom is 0.0893 e. The highest BCUT2D eigenvalue weighted by molar-refractivity contribution is 6.25. The molecule has 0 aliphatic rings. The van der Waals surface area contributed by atoms with Crippen molar-refractivity contribution in [1.82, 2.24) is 9.97 Å². The molecule has 0 bridgehead atoms. The average Bonchev–Trinajstić information content (AvgIpc) is 3.14. The van der Waals surface area contributed by atoms with Crippen LogP contribution in [0.25, 0.3) is 88.0 Å². The molecule has 7 aromatic carbocycles. The van der Waals surface area contributed by atoms with Gasteiger partial charge < -0.3 is 0 Å². The number of hydrogen-bond acceptors (Lipinski definition) is 2. The van der Waals surface area contributed by atoms with Crippen molar-refractivity contribution in [3.63, 3.8) is 0 Å². The van der Waals surface area contributed by atoms with Crippen molar-refractivity contribution in [2.75, 3.05) is 0 Å². The summed E-state index contributed by atoms with van der Waals surface area (Å²) in [4.78, 5) is 9.65. The molecular formula is C44H28N2. The maximum absolute atomic E-state index is 5.09. The van der Waals surface area contributed by atoms with Gasteiger partial charge in [0.05, 0.1) is 17.1 Å². The van der Waals surface area contributed by atoms with E-state index in [1.54, 1.807) is 0 Å². The standard InChI is InChI=1S/C44H28N2/c1-3-16-32-29(12-1)14-9-20-34(32)43-36-18-5-6-19-37(36)44(35-21-10-15-30-13-2-4-17-33(30)35)39-28-31(25-26-38(39)43)40-23-11-24-42(46-40)41-22-7-8-27-45-41/h1-28H. The zero-order valence-electron chi connectivity index (χ0n) is 25.1. The predicted molar refractivity (Wildman–Crippen MR) is 194 cm³/mol. The molecule has 2 heterocycles. The molecule has 2 heteroatoms. The van der Waals surface area contributed by atoms with E-state index in [4.69, 9.17) is 4.98 Å². The number of fused-ring (bicyclic) bond motifs is 4. The fraction of sp³-hybridized carbons (Fsp3) is 0. The molecule has 0 radical (unpaired) electrons. The smallest absolute Gasteiger partial charge is 0.0893 e. The third-order valence-electron chi connectivity index (χ3n) is 9.11. The predicted octanol–water partition coefficient (Wildman–Crippen LogP) is 11.8. The van der Waals surface area contributed by atoms with E-state index in [2.05, 4.69) is 145 Å². The zero-order chi connectivity index (χ0) is 30.5. The minimum absolute atomic E-state index is 0.863. The summed E-state index contributed by atoms with van der Waals surface area (Å²) in [7, 11) is 0. The van der Waals surface area contributed by atoms with Crippen LogP contribution in [-0.4, -0.2) is 9.97 Å². The zero-order valence-corrected chi connectivity index (χ0v) is 25.1. The van der Waals surface area contributed by atoms with Gasteiger partial charge in [0.15, 0.2) is 0 Å². The monoisotopic (exact) mass is 584 g/mol. The molecule has 0 unspecified atom stereocenters. The Morgan fingerprint density at radius 1 is 0.326 bits per heavy atom. The summed E-state index contributed by atoms with van der Waals surface area (Å²) in [5.74, 6) is 0. The molecule has 0 spiro atoms. The lowest BCUT2D eigenvalue weighted by atomic mass is 9.83. The Balaban J connectivity index is 1.41. The van der Waals surface area contributed by atoms with Crippen LogP contribution in [0.3, 0.4) is 0 Å². The normalized spacial score (nSPS) is 11.5. The van der Waals surface area contributed by atoms with Crippen molar-refractivity contribution >= 4 is 43.1 Å². The fourth-order valence-electron chi connectivity index (χ4n) is 7.06. The largest absolute Gasteiger partial charge is 0.255 e. The van der Waals surface area contributed by atoms with E-state index in [1.807, 2.05) is 30.5 Å². The van der Waals surface area contributed by atoms with Gasteiger partial charge in [-0.05, 0) is 95.7 Å². The van der Waals surface area contributed by atoms with Crippen LogP contribution in [-0.2, 0) is 0 Å². The highest BCUT2D eigenvalue weighted by atomic mass is 14.8. The summed E-state index contributed by atoms with van der Waals surface area (Å²) in [5.41, 5.74) is 8.71. The number of aromatic nitrogens is 2. The summed E-state index contributed by atoms with van der Waals surface area (Å²) in [5, 5.41) is 9.89. The van der Waals surface area contributed by atoms with Gasteiger partial charge >= 0.3 is 0 Å². The molecule has 2 aromatic heterocycles. The molecular weight excluding hydrogens is 556 g/mol. The molecule has 46 heavy (non-hydrogen) atoms. The van der Waals surface area contributed by atoms with Gasteiger partial charge in [0, 0.05) is 11.8 Å². The molecule has 214 valence electrons. The topological polar surface area (TPSA) is 25.8 Å². The van der Waals surface area contributed by atoms with E-state index >= 15 is 0 Å². The fourth-order valence-corrected chi connectivity index (χ4v) is 7.06. The first kappa shape index (κ1) is 26.3.